The van der Waals surface area contributed by atoms with Crippen molar-refractivity contribution in [3.63, 3.8) is 0 Å². The molecule has 0 spiro atoms. The summed E-state index contributed by atoms with van der Waals surface area (Å²) in [5, 5.41) is 17.0. The van der Waals surface area contributed by atoms with E-state index in [4.69, 9.17) is 56.8 Å². The zero-order valence-electron chi connectivity index (χ0n) is 47.9. The molecule has 0 bridgehead atoms. The van der Waals surface area contributed by atoms with Crippen LogP contribution < -0.4 is 9.47 Å². The fourth-order valence-electron chi connectivity index (χ4n) is 10.8. The van der Waals surface area contributed by atoms with Gasteiger partial charge in [0.1, 0.15) is 61.5 Å². The molecule has 0 saturated carbocycles. The molecule has 6 aromatic rings. The SMILES string of the molecule is CC(=O)OC[C@H]1O[C@@H](n2cc(COc3ccc(C4(c5ccc(OCc6cn([C@@H]7O[C@H](COC(C)=O)[C@H](OC(C)=O)[C@H](OC(C)=O)[C@H]7OC(C)=O)nn6)cc5)c5cc(Br)ccc5-c5ccc(Br)cc54)cc3)nn2)[C@H](OC(C)=O)[C@@H](OC(C)=O)[C@H]1OC(C)=O. The summed E-state index contributed by atoms with van der Waals surface area (Å²) in [5.41, 5.74) is 5.49. The molecule has 3 aliphatic rings. The molecule has 10 atom stereocenters. The summed E-state index contributed by atoms with van der Waals surface area (Å²) >= 11 is 7.48. The molecule has 4 heterocycles. The summed E-state index contributed by atoms with van der Waals surface area (Å²) < 4.78 is 73.1. The fourth-order valence-corrected chi connectivity index (χ4v) is 11.5. The Hall–Kier alpha value is -8.60. The number of fused-ring (bicyclic) bond motifs is 3. The fraction of sp³-hybridized carbons (Fsp3) is 0.390. The van der Waals surface area contributed by atoms with E-state index in [1.54, 1.807) is 0 Å². The first-order valence-corrected chi connectivity index (χ1v) is 28.6. The molecule has 0 unspecified atom stereocenters. The van der Waals surface area contributed by atoms with E-state index >= 15 is 0 Å². The van der Waals surface area contributed by atoms with Gasteiger partial charge in [0.05, 0.1) is 17.8 Å². The molecule has 2 fully saturated rings. The van der Waals surface area contributed by atoms with Crippen molar-refractivity contribution < 1.29 is 95.2 Å². The molecule has 458 valence electrons. The van der Waals surface area contributed by atoms with Gasteiger partial charge in [-0.2, -0.15) is 0 Å². The average Bonchev–Trinajstić information content (AvgIpc) is 1.57. The molecule has 0 N–H and O–H groups in total. The van der Waals surface area contributed by atoms with E-state index in [1.165, 1.54) is 35.6 Å². The molecule has 0 amide bonds. The van der Waals surface area contributed by atoms with E-state index < -0.39 is 128 Å². The Balaban J connectivity index is 0.972. The number of esters is 8. The lowest BCUT2D eigenvalue weighted by Gasteiger charge is -2.44. The molecule has 2 saturated heterocycles. The van der Waals surface area contributed by atoms with Crippen molar-refractivity contribution in [1.82, 2.24) is 30.0 Å². The topological polar surface area (TPSA) is 309 Å². The second-order valence-electron chi connectivity index (χ2n) is 20.3. The van der Waals surface area contributed by atoms with Gasteiger partial charge in [-0.15, -0.1) is 10.2 Å². The smallest absolute Gasteiger partial charge is 0.303 e. The van der Waals surface area contributed by atoms with Gasteiger partial charge >= 0.3 is 47.8 Å². The highest BCUT2D eigenvalue weighted by atomic mass is 79.9. The van der Waals surface area contributed by atoms with Gasteiger partial charge in [-0.1, -0.05) is 78.7 Å². The summed E-state index contributed by atoms with van der Waals surface area (Å²) in [6, 6.07) is 27.6. The van der Waals surface area contributed by atoms with Crippen molar-refractivity contribution in [2.24, 2.45) is 0 Å². The number of aromatic nitrogens is 6. The Bertz CT molecular complexity index is 3350. The van der Waals surface area contributed by atoms with Gasteiger partial charge in [0, 0.05) is 64.3 Å². The minimum absolute atomic E-state index is 0.102. The highest BCUT2D eigenvalue weighted by molar-refractivity contribution is 9.10. The first kappa shape index (κ1) is 62.9. The van der Waals surface area contributed by atoms with E-state index in [0.717, 1.165) is 83.9 Å². The molecule has 1 aliphatic carbocycles. The van der Waals surface area contributed by atoms with Gasteiger partial charge in [0.2, 0.25) is 0 Å². The summed E-state index contributed by atoms with van der Waals surface area (Å²) in [5.74, 6) is -5.03. The van der Waals surface area contributed by atoms with Crippen LogP contribution in [0.5, 0.6) is 11.5 Å². The summed E-state index contributed by atoms with van der Waals surface area (Å²) in [6.07, 6.45) is -10.4. The van der Waals surface area contributed by atoms with Crippen LogP contribution in [0.1, 0.15) is 101 Å². The Morgan fingerprint density at radius 1 is 0.448 bits per heavy atom. The number of nitrogens with zero attached hydrogens (tertiary/aromatic N) is 6. The first-order chi connectivity index (χ1) is 41.5. The maximum absolute atomic E-state index is 12.5. The van der Waals surface area contributed by atoms with Crippen molar-refractivity contribution in [1.29, 1.82) is 0 Å². The van der Waals surface area contributed by atoms with Gasteiger partial charge in [-0.05, 0) is 81.9 Å². The Morgan fingerprint density at radius 2 is 0.782 bits per heavy atom. The highest BCUT2D eigenvalue weighted by Crippen LogP contribution is 2.57. The van der Waals surface area contributed by atoms with Crippen LogP contribution in [0.4, 0.5) is 0 Å². The lowest BCUT2D eigenvalue weighted by Crippen LogP contribution is -2.60. The zero-order valence-corrected chi connectivity index (χ0v) is 51.1. The lowest BCUT2D eigenvalue weighted by atomic mass is 9.67. The maximum Gasteiger partial charge on any atom is 0.303 e. The quantitative estimate of drug-likeness (QED) is 0.0586. The predicted molar refractivity (Wildman–Crippen MR) is 302 cm³/mol. The van der Waals surface area contributed by atoms with Gasteiger partial charge in [-0.25, -0.2) is 9.36 Å². The molecule has 26 nitrogen and oxygen atoms in total. The summed E-state index contributed by atoms with van der Waals surface area (Å²) in [7, 11) is 0. The van der Waals surface area contributed by atoms with Crippen LogP contribution in [0.2, 0.25) is 0 Å². The summed E-state index contributed by atoms with van der Waals surface area (Å²) in [4.78, 5) is 98.1. The van der Waals surface area contributed by atoms with E-state index in [2.05, 4.69) is 76.7 Å². The molecule has 2 aliphatic heterocycles. The van der Waals surface area contributed by atoms with Crippen molar-refractivity contribution in [3.8, 4) is 22.6 Å². The van der Waals surface area contributed by atoms with Gasteiger partial charge in [0.25, 0.3) is 0 Å². The predicted octanol–water partition coefficient (Wildman–Crippen LogP) is 6.43. The van der Waals surface area contributed by atoms with Gasteiger partial charge in [-0.3, -0.25) is 38.4 Å². The van der Waals surface area contributed by atoms with Crippen LogP contribution in [0.25, 0.3) is 11.1 Å². The largest absolute Gasteiger partial charge is 0.487 e. The van der Waals surface area contributed by atoms with Gasteiger partial charge < -0.3 is 56.8 Å². The number of carbonyl (C=O) groups is 8. The number of rotatable bonds is 20. The molecule has 9 rings (SSSR count). The van der Waals surface area contributed by atoms with E-state index in [9.17, 15) is 38.4 Å². The van der Waals surface area contributed by atoms with E-state index in [-0.39, 0.29) is 13.2 Å². The van der Waals surface area contributed by atoms with Crippen LogP contribution in [0.15, 0.2) is 106 Å². The number of ether oxygens (including phenoxy) is 12. The molecular weight excluding hydrogens is 1270 g/mol. The monoisotopic (exact) mass is 1330 g/mol. The number of hydrogen-bond donors (Lipinski definition) is 0. The Kier molecular flexibility index (Phi) is 19.5. The van der Waals surface area contributed by atoms with Crippen LogP contribution in [-0.2, 0) is 104 Å². The maximum atomic E-state index is 12.5. The minimum atomic E-state index is -1.42. The molecular formula is C59H58Br2N6O20. The summed E-state index contributed by atoms with van der Waals surface area (Å²) in [6.45, 7) is 8.11. The third kappa shape index (κ3) is 14.3. The van der Waals surface area contributed by atoms with Crippen LogP contribution in [-0.4, -0.2) is 140 Å². The number of halogens is 2. The van der Waals surface area contributed by atoms with E-state index in [1.807, 2.05) is 60.7 Å². The van der Waals surface area contributed by atoms with Gasteiger partial charge in [0.15, 0.2) is 49.1 Å². The lowest BCUT2D eigenvalue weighted by molar-refractivity contribution is -0.270. The standard InChI is InChI=1S/C59H58Br2N6O20/c1-29(68)76-27-49-51(80-31(3)70)53(82-33(5)72)55(84-35(7)74)57(86-49)66-23-41(62-64-66)25-78-43-15-9-37(10-16-43)59(47-21-39(60)13-19-45(47)46-20-14-40(61)22-48(46)59)38-11-17-44(18-12-38)79-26-42-24-67(65-63-42)58-56(85-36(8)75)54(83-34(6)73)52(81-32(4)71)50(87-58)28-77-30(2)69/h9-24,49-58H,25-28H2,1-8H3/t49-,50-,51+,52+,53+,54+,55-,56-,57-,58-/m1/s1. The van der Waals surface area contributed by atoms with Crippen molar-refractivity contribution in [2.45, 2.75) is 135 Å². The van der Waals surface area contributed by atoms with Crippen LogP contribution in [0.3, 0.4) is 0 Å². The van der Waals surface area contributed by atoms with Crippen molar-refractivity contribution in [3.05, 3.63) is 140 Å². The third-order valence-corrected chi connectivity index (χ3v) is 15.0. The number of hydrogen-bond acceptors (Lipinski definition) is 24. The van der Waals surface area contributed by atoms with Crippen molar-refractivity contribution in [2.75, 3.05) is 13.2 Å². The number of benzene rings is 4. The molecule has 87 heavy (non-hydrogen) atoms. The second-order valence-corrected chi connectivity index (χ2v) is 22.1. The molecule has 28 heteroatoms. The second kappa shape index (κ2) is 27.0. The molecule has 4 aromatic carbocycles. The molecule has 0 radical (unpaired) electrons. The minimum Gasteiger partial charge on any atom is -0.487 e. The third-order valence-electron chi connectivity index (χ3n) is 14.0. The van der Waals surface area contributed by atoms with Crippen LogP contribution >= 0.6 is 31.9 Å². The highest BCUT2D eigenvalue weighted by Gasteiger charge is 2.55. The van der Waals surface area contributed by atoms with E-state index in [0.29, 0.717) is 22.9 Å². The Morgan fingerprint density at radius 3 is 1.11 bits per heavy atom. The first-order valence-electron chi connectivity index (χ1n) is 27.0. The van der Waals surface area contributed by atoms with Crippen molar-refractivity contribution >= 4 is 79.6 Å². The Labute approximate surface area is 513 Å². The average molecular weight is 1330 g/mol. The number of carbonyl (C=O) groups excluding carboxylic acids is 8. The zero-order chi connectivity index (χ0) is 62.4. The molecule has 2 aromatic heterocycles. The normalized spacial score (nSPS) is 22.5. The van der Waals surface area contributed by atoms with Crippen LogP contribution in [0, 0.1) is 0 Å².